The second kappa shape index (κ2) is 8.04. The Morgan fingerprint density at radius 2 is 1.67 bits per heavy atom. The lowest BCUT2D eigenvalue weighted by Crippen LogP contribution is -2.58. The van der Waals surface area contributed by atoms with Gasteiger partial charge in [-0.15, -0.1) is 0 Å². The normalized spacial score (nSPS) is 36.8. The van der Waals surface area contributed by atoms with Crippen molar-refractivity contribution in [3.05, 3.63) is 0 Å². The van der Waals surface area contributed by atoms with Gasteiger partial charge in [-0.3, -0.25) is 0 Å². The molecule has 0 spiro atoms. The minimum Gasteiger partial charge on any atom is -0.387 e. The van der Waals surface area contributed by atoms with Gasteiger partial charge >= 0.3 is 0 Å². The zero-order chi connectivity index (χ0) is 13.5. The molecule has 0 saturated carbocycles. The van der Waals surface area contributed by atoms with Crippen LogP contribution in [0.4, 0.5) is 0 Å². The summed E-state index contributed by atoms with van der Waals surface area (Å²) in [7, 11) is 0. The average Bonchev–Trinajstić information content (AvgIpc) is 2.37. The highest BCUT2D eigenvalue weighted by atomic mass is 16.6. The van der Waals surface area contributed by atoms with E-state index in [1.165, 1.54) is 0 Å². The molecule has 5 atom stereocenters. The monoisotopic (exact) mass is 264 g/mol. The fraction of sp³-hybridized carbons (Fsp3) is 1.00. The predicted molar refractivity (Wildman–Crippen MR) is 63.9 cm³/mol. The first-order valence-corrected chi connectivity index (χ1v) is 6.53. The van der Waals surface area contributed by atoms with Gasteiger partial charge in [0.05, 0.1) is 6.61 Å². The maximum Gasteiger partial charge on any atom is 0.184 e. The van der Waals surface area contributed by atoms with Gasteiger partial charge in [0.25, 0.3) is 0 Å². The third kappa shape index (κ3) is 4.46. The smallest absolute Gasteiger partial charge is 0.184 e. The highest BCUT2D eigenvalue weighted by molar-refractivity contribution is 4.88. The van der Waals surface area contributed by atoms with Crippen molar-refractivity contribution in [1.82, 2.24) is 0 Å². The van der Waals surface area contributed by atoms with E-state index in [2.05, 4.69) is 6.92 Å². The average molecular weight is 264 g/mol. The van der Waals surface area contributed by atoms with E-state index in [1.807, 2.05) is 0 Å². The molecule has 1 fully saturated rings. The van der Waals surface area contributed by atoms with Gasteiger partial charge in [0.15, 0.2) is 6.29 Å². The van der Waals surface area contributed by atoms with Gasteiger partial charge in [-0.25, -0.2) is 0 Å². The minimum absolute atomic E-state index is 0.0914. The molecule has 0 bridgehead atoms. The van der Waals surface area contributed by atoms with Crippen molar-refractivity contribution in [2.45, 2.75) is 63.3 Å². The van der Waals surface area contributed by atoms with E-state index in [0.717, 1.165) is 25.7 Å². The van der Waals surface area contributed by atoms with Gasteiger partial charge < -0.3 is 29.9 Å². The van der Waals surface area contributed by atoms with Crippen LogP contribution in [-0.4, -0.2) is 64.3 Å². The molecule has 18 heavy (non-hydrogen) atoms. The second-order valence-electron chi connectivity index (χ2n) is 4.67. The van der Waals surface area contributed by atoms with Crippen molar-refractivity contribution >= 4 is 0 Å². The van der Waals surface area contributed by atoms with Gasteiger partial charge in [0, 0.05) is 6.61 Å². The fourth-order valence-corrected chi connectivity index (χ4v) is 1.90. The summed E-state index contributed by atoms with van der Waals surface area (Å²) in [6.45, 7) is 2.77. The minimum atomic E-state index is -1.49. The van der Waals surface area contributed by atoms with Crippen LogP contribution in [0.5, 0.6) is 0 Å². The molecule has 6 heteroatoms. The molecule has 0 aromatic carbocycles. The Kier molecular flexibility index (Phi) is 7.06. The number of aliphatic hydroxyl groups is 4. The molecule has 1 aliphatic heterocycles. The lowest BCUT2D eigenvalue weighted by molar-refractivity contribution is -0.288. The number of hydrogen-bond acceptors (Lipinski definition) is 6. The van der Waals surface area contributed by atoms with Crippen LogP contribution >= 0.6 is 0 Å². The highest BCUT2D eigenvalue weighted by Crippen LogP contribution is 2.20. The number of ether oxygens (including phenoxy) is 2. The predicted octanol–water partition coefficient (Wildman–Crippen LogP) is -0.617. The molecule has 1 aliphatic rings. The molecule has 108 valence electrons. The molecule has 6 nitrogen and oxygen atoms in total. The fourth-order valence-electron chi connectivity index (χ4n) is 1.90. The number of aliphatic hydroxyl groups excluding tert-OH is 4. The van der Waals surface area contributed by atoms with Gasteiger partial charge in [-0.2, -0.15) is 0 Å². The summed E-state index contributed by atoms with van der Waals surface area (Å²) in [4.78, 5) is 0. The second-order valence-corrected chi connectivity index (χ2v) is 4.67. The Bertz CT molecular complexity index is 225. The largest absolute Gasteiger partial charge is 0.387 e. The Labute approximate surface area is 107 Å². The highest BCUT2D eigenvalue weighted by Gasteiger charge is 2.42. The Morgan fingerprint density at radius 3 is 2.33 bits per heavy atom. The van der Waals surface area contributed by atoms with Crippen LogP contribution in [0.15, 0.2) is 0 Å². The molecule has 0 unspecified atom stereocenters. The molecule has 0 aromatic rings. The maximum atomic E-state index is 9.64. The molecule has 0 radical (unpaired) electrons. The Hall–Kier alpha value is -0.240. The standard InChI is InChI=1S/C12H24O6/c1-2-3-4-5-6-17-7-8-9(13)10(14)11(15)12(16)18-8/h8-16H,2-7H2,1H3/t8-,9+,10+,11-,12+/m1/s1. The van der Waals surface area contributed by atoms with Crippen LogP contribution in [0.25, 0.3) is 0 Å². The zero-order valence-corrected chi connectivity index (χ0v) is 10.7. The summed E-state index contributed by atoms with van der Waals surface area (Å²) < 4.78 is 10.3. The van der Waals surface area contributed by atoms with E-state index in [1.54, 1.807) is 0 Å². The summed E-state index contributed by atoms with van der Waals surface area (Å²) in [5.74, 6) is 0. The van der Waals surface area contributed by atoms with E-state index in [0.29, 0.717) is 6.61 Å². The van der Waals surface area contributed by atoms with Crippen LogP contribution in [0.3, 0.4) is 0 Å². The molecular weight excluding hydrogens is 240 g/mol. The first-order valence-electron chi connectivity index (χ1n) is 6.53. The molecule has 0 aliphatic carbocycles. The summed E-state index contributed by atoms with van der Waals surface area (Å²) in [5.41, 5.74) is 0. The molecular formula is C12H24O6. The van der Waals surface area contributed by atoms with Crippen molar-refractivity contribution in [3.8, 4) is 0 Å². The molecule has 0 amide bonds. The topological polar surface area (TPSA) is 99.4 Å². The van der Waals surface area contributed by atoms with E-state index >= 15 is 0 Å². The van der Waals surface area contributed by atoms with Crippen LogP contribution < -0.4 is 0 Å². The summed E-state index contributed by atoms with van der Waals surface area (Å²) in [6, 6.07) is 0. The third-order valence-corrected chi connectivity index (χ3v) is 3.11. The van der Waals surface area contributed by atoms with Crippen LogP contribution in [0, 0.1) is 0 Å². The summed E-state index contributed by atoms with van der Waals surface area (Å²) in [5, 5.41) is 37.7. The van der Waals surface area contributed by atoms with Crippen molar-refractivity contribution < 1.29 is 29.9 Å². The number of hydrogen-bond donors (Lipinski definition) is 4. The summed E-state index contributed by atoms with van der Waals surface area (Å²) in [6.07, 6.45) is -2.11. The molecule has 1 saturated heterocycles. The molecule has 1 rings (SSSR count). The quantitative estimate of drug-likeness (QED) is 0.458. The van der Waals surface area contributed by atoms with Gasteiger partial charge in [-0.1, -0.05) is 26.2 Å². The maximum absolute atomic E-state index is 9.64. The lowest BCUT2D eigenvalue weighted by Gasteiger charge is -2.38. The lowest BCUT2D eigenvalue weighted by atomic mass is 9.99. The number of unbranched alkanes of at least 4 members (excludes halogenated alkanes) is 3. The van der Waals surface area contributed by atoms with E-state index in [-0.39, 0.29) is 6.61 Å². The van der Waals surface area contributed by atoms with Crippen molar-refractivity contribution in [2.24, 2.45) is 0 Å². The van der Waals surface area contributed by atoms with Crippen molar-refractivity contribution in [2.75, 3.05) is 13.2 Å². The van der Waals surface area contributed by atoms with E-state index in [4.69, 9.17) is 9.47 Å². The van der Waals surface area contributed by atoms with Crippen molar-refractivity contribution in [3.63, 3.8) is 0 Å². The molecule has 1 heterocycles. The Morgan fingerprint density at radius 1 is 0.944 bits per heavy atom. The van der Waals surface area contributed by atoms with E-state index in [9.17, 15) is 20.4 Å². The van der Waals surface area contributed by atoms with Crippen LogP contribution in [0.1, 0.15) is 32.6 Å². The first-order chi connectivity index (χ1) is 8.57. The van der Waals surface area contributed by atoms with Gasteiger partial charge in [0.2, 0.25) is 0 Å². The first kappa shape index (κ1) is 15.8. The summed E-state index contributed by atoms with van der Waals surface area (Å²) >= 11 is 0. The van der Waals surface area contributed by atoms with Gasteiger partial charge in [-0.05, 0) is 6.42 Å². The zero-order valence-electron chi connectivity index (χ0n) is 10.7. The Balaban J connectivity index is 2.21. The number of rotatable bonds is 7. The SMILES string of the molecule is CCCCCCOC[C@H]1O[C@H](O)[C@H](O)[C@@H](O)[C@H]1O. The van der Waals surface area contributed by atoms with Gasteiger partial charge in [0.1, 0.15) is 24.4 Å². The third-order valence-electron chi connectivity index (χ3n) is 3.11. The molecule has 0 aromatic heterocycles. The molecule has 4 N–H and O–H groups in total. The van der Waals surface area contributed by atoms with Crippen LogP contribution in [-0.2, 0) is 9.47 Å². The van der Waals surface area contributed by atoms with Crippen molar-refractivity contribution in [1.29, 1.82) is 0 Å². The van der Waals surface area contributed by atoms with E-state index < -0.39 is 30.7 Å². The van der Waals surface area contributed by atoms with Crippen LogP contribution in [0.2, 0.25) is 0 Å².